The normalized spacial score (nSPS) is 16.7. The van der Waals surface area contributed by atoms with E-state index in [0.29, 0.717) is 25.7 Å². The molecule has 3 saturated heterocycles. The van der Waals surface area contributed by atoms with Crippen molar-refractivity contribution < 1.29 is 37.9 Å². The molecule has 18 heteroatoms. The molecule has 0 saturated carbocycles. The average Bonchev–Trinajstić information content (AvgIpc) is 3.11. The van der Waals surface area contributed by atoms with Gasteiger partial charge >= 0.3 is 17.9 Å². The predicted molar refractivity (Wildman–Crippen MR) is 227 cm³/mol. The zero-order chi connectivity index (χ0) is 37.9. The minimum absolute atomic E-state index is 0. The van der Waals surface area contributed by atoms with Gasteiger partial charge in [-0.05, 0) is 105 Å². The van der Waals surface area contributed by atoms with Crippen LogP contribution in [0.4, 0.5) is 0 Å². The first-order valence-electron chi connectivity index (χ1n) is 16.8. The van der Waals surface area contributed by atoms with E-state index in [4.69, 9.17) is 46.7 Å². The first-order valence-corrected chi connectivity index (χ1v) is 27.0. The maximum atomic E-state index is 11.4. The van der Waals surface area contributed by atoms with Crippen LogP contribution in [-0.4, -0.2) is 128 Å². The van der Waals surface area contributed by atoms with Gasteiger partial charge in [0.25, 0.3) is 0 Å². The highest BCUT2D eigenvalue weighted by molar-refractivity contribution is 15.0. The van der Waals surface area contributed by atoms with Gasteiger partial charge in [0.15, 0.2) is 0 Å². The number of ether oxygens (including phenoxy) is 3. The summed E-state index contributed by atoms with van der Waals surface area (Å²) in [5.41, 5.74) is 0. The standard InChI is InChI=1S/C10H18ClNO2.C10H19NO3.C8H15NO2.C3H7Cl.CH4.Cl2OS.I2/c1-2-14-10(13)9-3-6-12(7-4-9)8-5-11;1-2-14-10(13)9-3-5-11(6-4-9)7-8-12;1-2-11-8(10)7-3-5-9-6-4-7;1-2-3-4;;1-4(2)3;1-2/h9H,2-8H2,1H3;9,12H,2-8H2,1H3;7,9H,2-6H2,1H3;2-3H2,1H3;1H4;;. The summed E-state index contributed by atoms with van der Waals surface area (Å²) in [5, 5.41) is 11.9. The molecular formula is C32H63Cl4I2N3O8S. The molecule has 0 bridgehead atoms. The van der Waals surface area contributed by atoms with Crippen LogP contribution in [0.15, 0.2) is 0 Å². The number of nitrogens with zero attached hydrogens (tertiary/aromatic N) is 2. The van der Waals surface area contributed by atoms with Gasteiger partial charge in [-0.3, -0.25) is 14.4 Å². The molecule has 11 nitrogen and oxygen atoms in total. The Morgan fingerprint density at radius 3 is 1.26 bits per heavy atom. The third-order valence-electron chi connectivity index (χ3n) is 7.38. The molecule has 50 heavy (non-hydrogen) atoms. The molecule has 0 aromatic rings. The quantitative estimate of drug-likeness (QED) is 0.0706. The number of esters is 3. The third kappa shape index (κ3) is 34.8. The minimum Gasteiger partial charge on any atom is -0.466 e. The molecule has 0 spiro atoms. The predicted octanol–water partition coefficient (Wildman–Crippen LogP) is 7.39. The Balaban J connectivity index is -0.000000279. The van der Waals surface area contributed by atoms with E-state index >= 15 is 0 Å². The van der Waals surface area contributed by atoms with Crippen LogP contribution in [0.2, 0.25) is 0 Å². The molecular weight excluding hydrogens is 982 g/mol. The number of nitrogens with one attached hydrogen (secondary N) is 1. The number of hydrogen-bond acceptors (Lipinski definition) is 11. The van der Waals surface area contributed by atoms with Gasteiger partial charge in [0.1, 0.15) is 0 Å². The Labute approximate surface area is 347 Å². The van der Waals surface area contributed by atoms with E-state index in [1.807, 2.05) is 27.7 Å². The molecule has 3 fully saturated rings. The van der Waals surface area contributed by atoms with Crippen LogP contribution < -0.4 is 5.32 Å². The van der Waals surface area contributed by atoms with Gasteiger partial charge in [0.05, 0.1) is 44.2 Å². The number of β-amino-alcohol motifs (C(OH)–C–C–N with tert-alkyl or cyclic N) is 1. The maximum Gasteiger partial charge on any atom is 0.309 e. The lowest BCUT2D eigenvalue weighted by Crippen LogP contribution is -2.38. The highest BCUT2D eigenvalue weighted by Gasteiger charge is 2.26. The Morgan fingerprint density at radius 1 is 0.700 bits per heavy atom. The van der Waals surface area contributed by atoms with Crippen LogP contribution in [-0.2, 0) is 37.8 Å². The Hall–Kier alpha value is 1.02. The number of halogens is 6. The summed E-state index contributed by atoms with van der Waals surface area (Å²) in [6, 6.07) is 0. The van der Waals surface area contributed by atoms with Crippen molar-refractivity contribution >= 4 is 109 Å². The van der Waals surface area contributed by atoms with Crippen molar-refractivity contribution in [1.82, 2.24) is 15.1 Å². The fraction of sp³-hybridized carbons (Fsp3) is 0.906. The molecule has 0 atom stereocenters. The van der Waals surface area contributed by atoms with E-state index in [2.05, 4.69) is 73.7 Å². The fourth-order valence-corrected chi connectivity index (χ4v) is 5.12. The van der Waals surface area contributed by atoms with E-state index in [9.17, 15) is 14.4 Å². The van der Waals surface area contributed by atoms with Crippen LogP contribution in [0.3, 0.4) is 0 Å². The van der Waals surface area contributed by atoms with Gasteiger partial charge in [-0.1, -0.05) is 14.4 Å². The number of hydrogen-bond donors (Lipinski definition) is 2. The van der Waals surface area contributed by atoms with Gasteiger partial charge in [-0.25, -0.2) is 4.21 Å². The molecule has 0 aromatic heterocycles. The van der Waals surface area contributed by atoms with Crippen LogP contribution in [0, 0.1) is 17.8 Å². The Bertz CT molecular complexity index is 767. The fourth-order valence-electron chi connectivity index (χ4n) is 4.88. The van der Waals surface area contributed by atoms with Gasteiger partial charge < -0.3 is 34.4 Å². The second kappa shape index (κ2) is 42.8. The van der Waals surface area contributed by atoms with E-state index in [1.54, 1.807) is 0 Å². The number of aliphatic hydroxyl groups excluding tert-OH is 1. The molecule has 3 aliphatic rings. The Kier molecular flexibility index (Phi) is 49.4. The van der Waals surface area contributed by atoms with E-state index in [0.717, 1.165) is 103 Å². The van der Waals surface area contributed by atoms with Gasteiger partial charge in [-0.2, -0.15) is 0 Å². The van der Waals surface area contributed by atoms with E-state index in [1.165, 1.54) is 0 Å². The number of carbonyl (C=O) groups is 3. The summed E-state index contributed by atoms with van der Waals surface area (Å²) in [6.45, 7) is 16.5. The van der Waals surface area contributed by atoms with Crippen molar-refractivity contribution in [1.29, 1.82) is 0 Å². The van der Waals surface area contributed by atoms with Crippen molar-refractivity contribution in [2.24, 2.45) is 17.8 Å². The zero-order valence-electron chi connectivity index (χ0n) is 29.5. The highest BCUT2D eigenvalue weighted by Crippen LogP contribution is 2.19. The van der Waals surface area contributed by atoms with Crippen LogP contribution in [0.25, 0.3) is 0 Å². The second-order valence-corrected chi connectivity index (χ2v) is 14.1. The number of aliphatic hydroxyl groups is 1. The van der Waals surface area contributed by atoms with Crippen LogP contribution >= 0.6 is 81.8 Å². The van der Waals surface area contributed by atoms with Gasteiger partial charge in [0.2, 0.25) is 9.23 Å². The summed E-state index contributed by atoms with van der Waals surface area (Å²) >= 11 is 15.1. The van der Waals surface area contributed by atoms with Crippen molar-refractivity contribution in [3.05, 3.63) is 0 Å². The molecule has 0 amide bonds. The lowest BCUT2D eigenvalue weighted by molar-refractivity contribution is -0.150. The molecule has 3 heterocycles. The summed E-state index contributed by atoms with van der Waals surface area (Å²) in [5.74, 6) is 1.69. The van der Waals surface area contributed by atoms with Crippen molar-refractivity contribution in [3.63, 3.8) is 0 Å². The summed E-state index contributed by atoms with van der Waals surface area (Å²) < 4.78 is 24.0. The minimum atomic E-state index is -1.67. The molecule has 2 N–H and O–H groups in total. The summed E-state index contributed by atoms with van der Waals surface area (Å²) in [6.07, 6.45) is 6.49. The molecule has 0 radical (unpaired) electrons. The molecule has 0 aromatic carbocycles. The van der Waals surface area contributed by atoms with Crippen molar-refractivity contribution in [2.75, 3.05) is 90.5 Å². The lowest BCUT2D eigenvalue weighted by Gasteiger charge is -2.30. The number of rotatable bonds is 11. The number of piperidine rings is 3. The number of alkyl halides is 2. The third-order valence-corrected chi connectivity index (χ3v) is 7.93. The largest absolute Gasteiger partial charge is 0.466 e. The van der Waals surface area contributed by atoms with E-state index in [-0.39, 0.29) is 49.7 Å². The maximum absolute atomic E-state index is 11.4. The molecule has 0 aliphatic carbocycles. The monoisotopic (exact) mass is 1040 g/mol. The molecule has 0 unspecified atom stereocenters. The van der Waals surface area contributed by atoms with E-state index < -0.39 is 9.23 Å². The van der Waals surface area contributed by atoms with Crippen LogP contribution in [0.1, 0.15) is 80.1 Å². The van der Waals surface area contributed by atoms with Crippen molar-refractivity contribution in [2.45, 2.75) is 80.1 Å². The molecule has 3 rings (SSSR count). The average molecular weight is 1050 g/mol. The molecule has 3 aliphatic heterocycles. The van der Waals surface area contributed by atoms with Crippen LogP contribution in [0.5, 0.6) is 0 Å². The highest BCUT2D eigenvalue weighted by atomic mass is 128. The number of likely N-dealkylation sites (tertiary alicyclic amines) is 2. The lowest BCUT2D eigenvalue weighted by atomic mass is 9.97. The van der Waals surface area contributed by atoms with Gasteiger partial charge in [0, 0.05) is 83.4 Å². The zero-order valence-corrected chi connectivity index (χ0v) is 37.6. The van der Waals surface area contributed by atoms with Crippen molar-refractivity contribution in [3.8, 4) is 0 Å². The van der Waals surface area contributed by atoms with Gasteiger partial charge in [-0.15, -0.1) is 23.2 Å². The molecule has 302 valence electrons. The first-order chi connectivity index (χ1) is 23.5. The topological polar surface area (TPSA) is 135 Å². The summed E-state index contributed by atoms with van der Waals surface area (Å²) in [4.78, 5) is 38.4. The smallest absolute Gasteiger partial charge is 0.309 e. The summed E-state index contributed by atoms with van der Waals surface area (Å²) in [7, 11) is 7.36. The first kappa shape index (κ1) is 57.7. The second-order valence-electron chi connectivity index (χ2n) is 10.8. The SMILES string of the molecule is C.CCCCl.CCOC(=O)C1CCN(CCCl)CC1.CCOC(=O)C1CCN(CCO)CC1.CCOC(=O)C1CCNCC1.II.O=S(Cl)Cl. The Morgan fingerprint density at radius 2 is 1.00 bits per heavy atom. The number of carbonyl (C=O) groups excluding carboxylic acids is 3.